The molecule has 0 spiro atoms. The van der Waals surface area contributed by atoms with E-state index in [2.05, 4.69) is 100 Å². The molecule has 0 aromatic carbocycles. The highest BCUT2D eigenvalue weighted by Crippen LogP contribution is 2.27. The number of nitrogens with one attached hydrogen (secondary N) is 19. The van der Waals surface area contributed by atoms with Crippen LogP contribution in [0.25, 0.3) is 0 Å². The number of unbranched alkanes of at least 4 members (excludes halogenated alkanes) is 2. The molecule has 19 atom stereocenters. The van der Waals surface area contributed by atoms with Gasteiger partial charge in [-0.25, -0.2) is 4.98 Å². The van der Waals surface area contributed by atoms with Crippen molar-refractivity contribution in [3.05, 3.63) is 18.2 Å². The van der Waals surface area contributed by atoms with Gasteiger partial charge in [0.1, 0.15) is 103 Å². The number of guanidine groups is 1. The average Bonchev–Trinajstić information content (AvgIpc) is 1.65. The minimum atomic E-state index is -1.99. The lowest BCUT2D eigenvalue weighted by Gasteiger charge is -2.30. The van der Waals surface area contributed by atoms with E-state index in [-0.39, 0.29) is 103 Å². The summed E-state index contributed by atoms with van der Waals surface area (Å²) in [7, 11) is 2.93. The summed E-state index contributed by atoms with van der Waals surface area (Å²) in [5.74, 6) is -28.2. The molecule has 136 heavy (non-hydrogen) atoms. The Morgan fingerprint density at radius 2 is 0.956 bits per heavy atom. The number of aliphatic carboxylic acids is 1. The van der Waals surface area contributed by atoms with Crippen LogP contribution in [0.15, 0.2) is 12.5 Å². The number of aromatic amines is 1. The summed E-state index contributed by atoms with van der Waals surface area (Å²) in [6.07, 6.45) is -4.77. The number of carbonyl (C=O) groups is 22. The predicted molar refractivity (Wildman–Crippen MR) is 496 cm³/mol. The van der Waals surface area contributed by atoms with Gasteiger partial charge in [0.25, 0.3) is 0 Å². The van der Waals surface area contributed by atoms with E-state index in [9.17, 15) is 96.5 Å². The van der Waals surface area contributed by atoms with Gasteiger partial charge in [-0.15, -0.1) is 0 Å². The molecule has 21 amide bonds. The minimum absolute atomic E-state index is 0.0248. The molecule has 0 saturated carbocycles. The molecule has 3 aliphatic rings. The lowest BCUT2D eigenvalue weighted by Crippen LogP contribution is -2.61. The largest absolute Gasteiger partial charge is 0.481 e. The lowest BCUT2D eigenvalue weighted by atomic mass is 10.0. The molecule has 2 bridgehead atoms. The van der Waals surface area contributed by atoms with Gasteiger partial charge in [-0.1, -0.05) is 57.0 Å². The number of aliphatic hydroxyl groups is 1. The number of nitrogens with two attached hydrogens (primary N) is 8. The van der Waals surface area contributed by atoms with Crippen molar-refractivity contribution in [2.24, 2.45) is 51.8 Å². The van der Waals surface area contributed by atoms with Crippen molar-refractivity contribution < 1.29 is 116 Å². The van der Waals surface area contributed by atoms with E-state index in [1.54, 1.807) is 13.8 Å². The molecule has 3 saturated heterocycles. The molecule has 3 fully saturated rings. The summed E-state index contributed by atoms with van der Waals surface area (Å²) >= 11 is 0. The third-order valence-electron chi connectivity index (χ3n) is 21.2. The van der Waals surface area contributed by atoms with Gasteiger partial charge in [0.2, 0.25) is 124 Å². The van der Waals surface area contributed by atoms with Gasteiger partial charge in [-0.2, -0.15) is 0 Å². The van der Waals surface area contributed by atoms with Gasteiger partial charge in [0, 0.05) is 73.7 Å². The summed E-state index contributed by atoms with van der Waals surface area (Å²) in [5.41, 5.74) is 46.5. The minimum Gasteiger partial charge on any atom is -0.481 e. The molecular formula is C79H131N29O24S4. The zero-order chi connectivity index (χ0) is 102. The molecule has 0 unspecified atom stereocenters. The van der Waals surface area contributed by atoms with Crippen LogP contribution in [0.4, 0.5) is 0 Å². The number of hydrogen-bond acceptors (Lipinski definition) is 32. The molecule has 4 rings (SSSR count). The van der Waals surface area contributed by atoms with Gasteiger partial charge < -0.3 is 156 Å². The van der Waals surface area contributed by atoms with Crippen molar-refractivity contribution in [2.45, 2.75) is 278 Å². The first kappa shape index (κ1) is 116. The first-order valence-electron chi connectivity index (χ1n) is 44.1. The second kappa shape index (κ2) is 59.8. The highest BCUT2D eigenvalue weighted by atomic mass is 33.1. The van der Waals surface area contributed by atoms with Crippen LogP contribution < -0.4 is 136 Å². The van der Waals surface area contributed by atoms with E-state index in [0.717, 1.165) is 40.3 Å². The van der Waals surface area contributed by atoms with E-state index in [1.165, 1.54) is 26.4 Å². The Labute approximate surface area is 799 Å². The van der Waals surface area contributed by atoms with Crippen LogP contribution in [-0.4, -0.2) is 325 Å². The molecule has 1 aromatic heterocycles. The Morgan fingerprint density at radius 3 is 1.48 bits per heavy atom. The number of primary amides is 4. The van der Waals surface area contributed by atoms with E-state index >= 15 is 19.2 Å². The second-order valence-corrected chi connectivity index (χ2v) is 38.2. The summed E-state index contributed by atoms with van der Waals surface area (Å²) in [6.45, 7) is 7.77. The summed E-state index contributed by atoms with van der Waals surface area (Å²) in [4.78, 5) is 320. The maximum absolute atomic E-state index is 15.3. The summed E-state index contributed by atoms with van der Waals surface area (Å²) < 4.78 is 0. The van der Waals surface area contributed by atoms with Crippen LogP contribution in [0.3, 0.4) is 0 Å². The SMILES string of the molecule is CC(C)C[C@@H]1NC(=O)[C@H](C)NC(=O)[C@H]([C@@H](C)O)NC(=O)[C@H](CCC(=O)O)NC(=O)[C@@H]2CCCN2C(=O)[C@H](C)NC(=O)[C@H](CCCCN)NC(=O)[C@@H]2CSSC[C@@H](C(=O)N[C@@H](CCC(N)=O)C(=O)N[C@@H](CCC(N)=O)C(=O)N[C@@H](Cc3cnc[nH]3)C(N)=O)NC(=O)[C@H](CCCCN)NC(=O)[C@H](CCCNC(=N)N)NC(=O)[C@H](C)NC(=O)[C@H](CSSC[C@H](N)C(=O)N[C@@H](CC(N)=O)C(=O)N2)NC1=O. The molecule has 37 N–H and O–H groups in total. The Morgan fingerprint density at radius 1 is 0.500 bits per heavy atom. The van der Waals surface area contributed by atoms with E-state index < -0.39 is 325 Å². The fraction of sp³-hybridized carbons (Fsp3) is 0.671. The van der Waals surface area contributed by atoms with Gasteiger partial charge in [-0.3, -0.25) is 111 Å². The topological polar surface area (TPSA) is 884 Å². The first-order valence-corrected chi connectivity index (χ1v) is 49.0. The van der Waals surface area contributed by atoms with Gasteiger partial charge in [0.15, 0.2) is 5.96 Å². The van der Waals surface area contributed by atoms with Crippen LogP contribution >= 0.6 is 43.2 Å². The number of fused-ring (bicyclic) bond motifs is 12. The number of hydrogen-bond donors (Lipinski definition) is 29. The average molecular weight is 2000 g/mol. The number of aliphatic hydroxyl groups excluding tert-OH is 1. The molecule has 1 aromatic rings. The molecule has 0 aliphatic carbocycles. The first-order chi connectivity index (χ1) is 64.1. The van der Waals surface area contributed by atoms with Crippen LogP contribution in [-0.2, 0) is 112 Å². The third kappa shape index (κ3) is 41.7. The van der Waals surface area contributed by atoms with Crippen LogP contribution in [0.2, 0.25) is 0 Å². The van der Waals surface area contributed by atoms with E-state index in [1.807, 2.05) is 0 Å². The van der Waals surface area contributed by atoms with Crippen molar-refractivity contribution in [3.8, 4) is 0 Å². The fourth-order valence-corrected chi connectivity index (χ4v) is 18.3. The van der Waals surface area contributed by atoms with E-state index in [4.69, 9.17) is 51.3 Å². The van der Waals surface area contributed by atoms with Crippen molar-refractivity contribution in [3.63, 3.8) is 0 Å². The molecular weight excluding hydrogens is 1870 g/mol. The lowest BCUT2D eigenvalue weighted by molar-refractivity contribution is -0.142. The van der Waals surface area contributed by atoms with Crippen LogP contribution in [0.1, 0.15) is 163 Å². The summed E-state index contributed by atoms with van der Waals surface area (Å²) in [6, 6.07) is -31.0. The van der Waals surface area contributed by atoms with Gasteiger partial charge in [-0.05, 0) is 137 Å². The normalized spacial score (nSPS) is 25.3. The number of carboxylic acid groups (broad SMARTS) is 1. The number of nitrogens with zero attached hydrogens (tertiary/aromatic N) is 2. The van der Waals surface area contributed by atoms with Crippen molar-refractivity contribution in [1.82, 2.24) is 105 Å². The molecule has 0 radical (unpaired) electrons. The van der Waals surface area contributed by atoms with Gasteiger partial charge >= 0.3 is 5.97 Å². The highest BCUT2D eigenvalue weighted by Gasteiger charge is 2.43. The maximum Gasteiger partial charge on any atom is 0.303 e. The fourth-order valence-electron chi connectivity index (χ4n) is 13.7. The second-order valence-electron chi connectivity index (χ2n) is 33.1. The van der Waals surface area contributed by atoms with Crippen LogP contribution in [0, 0.1) is 11.3 Å². The highest BCUT2D eigenvalue weighted by molar-refractivity contribution is 8.77. The Hall–Kier alpha value is -11.9. The smallest absolute Gasteiger partial charge is 0.303 e. The van der Waals surface area contributed by atoms with Crippen LogP contribution in [0.5, 0.6) is 0 Å². The number of H-pyrrole nitrogens is 1. The number of carboxylic acids is 1. The molecule has 53 nitrogen and oxygen atoms in total. The monoisotopic (exact) mass is 2000 g/mol. The van der Waals surface area contributed by atoms with E-state index in [0.29, 0.717) is 27.3 Å². The number of rotatable bonds is 35. The number of aromatic nitrogens is 2. The van der Waals surface area contributed by atoms with Gasteiger partial charge in [0.05, 0.1) is 24.9 Å². The molecule has 57 heteroatoms. The maximum atomic E-state index is 15.3. The summed E-state index contributed by atoms with van der Waals surface area (Å²) in [5, 5.41) is 70.5. The Kier molecular flexibility index (Phi) is 51.2. The Balaban J connectivity index is 2.09. The predicted octanol–water partition coefficient (Wildman–Crippen LogP) is -11.4. The Bertz CT molecular complexity index is 4350. The van der Waals surface area contributed by atoms with Crippen molar-refractivity contribution >= 4 is 179 Å². The number of imidazole rings is 1. The quantitative estimate of drug-likeness (QED) is 0.0130. The van der Waals surface area contributed by atoms with Crippen molar-refractivity contribution in [1.29, 1.82) is 5.41 Å². The third-order valence-corrected chi connectivity index (χ3v) is 26.1. The van der Waals surface area contributed by atoms with Crippen molar-refractivity contribution in [2.75, 3.05) is 49.2 Å². The zero-order valence-corrected chi connectivity index (χ0v) is 79.6. The number of carbonyl (C=O) groups excluding carboxylic acids is 21. The molecule has 3 aliphatic heterocycles. The number of amides is 21. The molecule has 4 heterocycles. The standard InChI is InChI=1S/C79H131N29O24S4/c1-36(2)27-50-71(125)105-52-32-134-133-31-42(82)64(118)103-51(29-58(85)112)72(126)106-54(74(128)97-43(13-7-9-23-80)65(119)94-39(5)78(132)108-26-12-16-55(108)76(130)100-48(19-22-59(113)114)70(124)107-60(40(6)109)77(131)93-38(4)63(117)102-50)34-136-135-33-53(104-67(121)44(14-8-10-24-81)96-66(120)45(15-11-25-90-79(87)88)95-62(116)37(3)92-73(52)127)75(129)99-46(17-20-56(83)110)68(122)98-47(18-21-57(84)111)69(123)101-49(61(86)115)28-41-30-89-35-91-41/h30,35-40,42-55,60,109H,7-29,31-34,80-82H2,1-6H3,(H2,83,110)(H2,84,111)(H2,85,112)(H2,86,115)(H,89,91)(H,92,127)(H,93,131)(H,94,119)(H,95,116)(H,96,120)(H,97,128)(H,98,122)(H,99,129)(H,100,130)(H,101,123)(H,102,117)(H,103,118)(H,104,121)(H,105,125)(H,106,126)(H,107,124)(H,113,114)(H4,87,88,90)/t37-,38-,39-,40+,42-,43-,44-,45-,46-,47-,48-,49-,50-,51-,52-,53-,54-,55-,60-/m0/s1. The molecule has 760 valence electrons. The zero-order valence-electron chi connectivity index (χ0n) is 76.3.